The fourth-order valence-corrected chi connectivity index (χ4v) is 3.76. The highest BCUT2D eigenvalue weighted by molar-refractivity contribution is 5.94. The standard InChI is InChI=1S/C22H26N2O2/c1-16-3-5-20(13-17(16)2)22(25)24-10-8-23(9-11-24)15-18-4-6-21-19(14-18)7-12-26-21/h3-6,13-14H,7-12,15H2,1-2H3. The van der Waals surface area contributed by atoms with Crippen LogP contribution in [-0.2, 0) is 13.0 Å². The first kappa shape index (κ1) is 17.1. The third-order valence-electron chi connectivity index (χ3n) is 5.57. The summed E-state index contributed by atoms with van der Waals surface area (Å²) in [7, 11) is 0. The van der Waals surface area contributed by atoms with Gasteiger partial charge in [0.1, 0.15) is 5.75 Å². The zero-order valence-electron chi connectivity index (χ0n) is 15.6. The van der Waals surface area contributed by atoms with Crippen LogP contribution in [0.1, 0.15) is 32.6 Å². The Morgan fingerprint density at radius 3 is 2.58 bits per heavy atom. The lowest BCUT2D eigenvalue weighted by Gasteiger charge is -2.35. The van der Waals surface area contributed by atoms with Crippen LogP contribution in [0.3, 0.4) is 0 Å². The maximum atomic E-state index is 12.7. The van der Waals surface area contributed by atoms with Crippen LogP contribution < -0.4 is 4.74 Å². The van der Waals surface area contributed by atoms with Gasteiger partial charge in [-0.1, -0.05) is 18.2 Å². The van der Waals surface area contributed by atoms with Crippen molar-refractivity contribution >= 4 is 5.91 Å². The molecule has 1 amide bonds. The lowest BCUT2D eigenvalue weighted by Crippen LogP contribution is -2.48. The van der Waals surface area contributed by atoms with Crippen molar-refractivity contribution in [3.05, 3.63) is 64.2 Å². The van der Waals surface area contributed by atoms with E-state index in [0.29, 0.717) is 0 Å². The maximum Gasteiger partial charge on any atom is 0.253 e. The Labute approximate surface area is 155 Å². The van der Waals surface area contributed by atoms with Crippen LogP contribution in [0, 0.1) is 13.8 Å². The molecule has 2 heterocycles. The van der Waals surface area contributed by atoms with E-state index < -0.39 is 0 Å². The number of carbonyl (C=O) groups is 1. The van der Waals surface area contributed by atoms with Crippen molar-refractivity contribution in [2.45, 2.75) is 26.8 Å². The van der Waals surface area contributed by atoms with Crippen molar-refractivity contribution in [1.82, 2.24) is 9.80 Å². The summed E-state index contributed by atoms with van der Waals surface area (Å²) in [5.41, 5.74) is 5.87. The zero-order valence-corrected chi connectivity index (χ0v) is 15.6. The van der Waals surface area contributed by atoms with Gasteiger partial charge in [-0.3, -0.25) is 9.69 Å². The summed E-state index contributed by atoms with van der Waals surface area (Å²) in [6.45, 7) is 9.31. The largest absolute Gasteiger partial charge is 0.493 e. The molecule has 0 aliphatic carbocycles. The lowest BCUT2D eigenvalue weighted by atomic mass is 10.1. The molecule has 2 aliphatic heterocycles. The van der Waals surface area contributed by atoms with Crippen molar-refractivity contribution in [1.29, 1.82) is 0 Å². The number of rotatable bonds is 3. The van der Waals surface area contributed by atoms with Gasteiger partial charge in [0.2, 0.25) is 0 Å². The van der Waals surface area contributed by atoms with E-state index in [-0.39, 0.29) is 5.91 Å². The molecule has 2 aromatic rings. The number of hydrogen-bond acceptors (Lipinski definition) is 3. The Bertz CT molecular complexity index is 823. The molecule has 136 valence electrons. The molecule has 2 aliphatic rings. The normalized spacial score (nSPS) is 17.1. The van der Waals surface area contributed by atoms with Crippen LogP contribution in [0.25, 0.3) is 0 Å². The molecule has 0 bridgehead atoms. The van der Waals surface area contributed by atoms with E-state index in [4.69, 9.17) is 4.74 Å². The van der Waals surface area contributed by atoms with E-state index in [9.17, 15) is 4.79 Å². The molecular weight excluding hydrogens is 324 g/mol. The Morgan fingerprint density at radius 1 is 1.00 bits per heavy atom. The van der Waals surface area contributed by atoms with Crippen molar-refractivity contribution in [2.75, 3.05) is 32.8 Å². The number of carbonyl (C=O) groups excluding carboxylic acids is 1. The van der Waals surface area contributed by atoms with Crippen LogP contribution in [0.2, 0.25) is 0 Å². The molecule has 2 aromatic carbocycles. The predicted octanol–water partition coefficient (Wildman–Crippen LogP) is 3.20. The summed E-state index contributed by atoms with van der Waals surface area (Å²) >= 11 is 0. The summed E-state index contributed by atoms with van der Waals surface area (Å²) in [4.78, 5) is 17.2. The SMILES string of the molecule is Cc1ccc(C(=O)N2CCN(Cc3ccc4c(c3)CCO4)CC2)cc1C. The van der Waals surface area contributed by atoms with Crippen LogP contribution in [0.15, 0.2) is 36.4 Å². The van der Waals surface area contributed by atoms with E-state index in [0.717, 1.165) is 57.1 Å². The first-order valence-electron chi connectivity index (χ1n) is 9.43. The van der Waals surface area contributed by atoms with E-state index in [1.54, 1.807) is 0 Å². The number of benzene rings is 2. The second-order valence-electron chi connectivity index (χ2n) is 7.41. The molecule has 26 heavy (non-hydrogen) atoms. The molecule has 1 fully saturated rings. The monoisotopic (exact) mass is 350 g/mol. The summed E-state index contributed by atoms with van der Waals surface area (Å²) in [5.74, 6) is 1.19. The first-order chi connectivity index (χ1) is 12.6. The number of aryl methyl sites for hydroxylation is 2. The minimum absolute atomic E-state index is 0.155. The Balaban J connectivity index is 1.35. The fraction of sp³-hybridized carbons (Fsp3) is 0.409. The van der Waals surface area contributed by atoms with Gasteiger partial charge in [-0.05, 0) is 54.3 Å². The number of nitrogens with zero attached hydrogens (tertiary/aromatic N) is 2. The number of amides is 1. The van der Waals surface area contributed by atoms with Gasteiger partial charge in [0.25, 0.3) is 5.91 Å². The van der Waals surface area contributed by atoms with E-state index in [1.807, 2.05) is 23.1 Å². The second kappa shape index (κ2) is 7.12. The summed E-state index contributed by atoms with van der Waals surface area (Å²) in [5, 5.41) is 0. The van der Waals surface area contributed by atoms with Gasteiger partial charge in [0, 0.05) is 44.7 Å². The fourth-order valence-electron chi connectivity index (χ4n) is 3.76. The van der Waals surface area contributed by atoms with E-state index in [1.165, 1.54) is 22.3 Å². The molecule has 1 saturated heterocycles. The summed E-state index contributed by atoms with van der Waals surface area (Å²) in [6, 6.07) is 12.5. The molecule has 0 radical (unpaired) electrons. The molecular formula is C22H26N2O2. The van der Waals surface area contributed by atoms with Gasteiger partial charge in [0.05, 0.1) is 6.61 Å². The van der Waals surface area contributed by atoms with Gasteiger partial charge >= 0.3 is 0 Å². The van der Waals surface area contributed by atoms with Gasteiger partial charge in [-0.25, -0.2) is 0 Å². The number of piperazine rings is 1. The zero-order chi connectivity index (χ0) is 18.1. The molecule has 0 unspecified atom stereocenters. The molecule has 4 nitrogen and oxygen atoms in total. The molecule has 4 rings (SSSR count). The van der Waals surface area contributed by atoms with Crippen LogP contribution in [0.5, 0.6) is 5.75 Å². The van der Waals surface area contributed by atoms with Crippen LogP contribution in [-0.4, -0.2) is 48.5 Å². The summed E-state index contributed by atoms with van der Waals surface area (Å²) in [6.07, 6.45) is 1.02. The second-order valence-corrected chi connectivity index (χ2v) is 7.41. The first-order valence-corrected chi connectivity index (χ1v) is 9.43. The molecule has 0 spiro atoms. The quantitative estimate of drug-likeness (QED) is 0.852. The van der Waals surface area contributed by atoms with Gasteiger partial charge < -0.3 is 9.64 Å². The predicted molar refractivity (Wildman–Crippen MR) is 103 cm³/mol. The summed E-state index contributed by atoms with van der Waals surface area (Å²) < 4.78 is 5.58. The Hall–Kier alpha value is -2.33. The maximum absolute atomic E-state index is 12.7. The van der Waals surface area contributed by atoms with Crippen LogP contribution >= 0.6 is 0 Å². The van der Waals surface area contributed by atoms with Gasteiger partial charge in [0.15, 0.2) is 0 Å². The highest BCUT2D eigenvalue weighted by Crippen LogP contribution is 2.26. The van der Waals surface area contributed by atoms with Gasteiger partial charge in [-0.2, -0.15) is 0 Å². The molecule has 0 atom stereocenters. The van der Waals surface area contributed by atoms with Crippen molar-refractivity contribution in [3.8, 4) is 5.75 Å². The van der Waals surface area contributed by atoms with E-state index in [2.05, 4.69) is 36.9 Å². The Kier molecular flexibility index (Phi) is 4.68. The average Bonchev–Trinajstić information content (AvgIpc) is 3.12. The van der Waals surface area contributed by atoms with E-state index >= 15 is 0 Å². The number of hydrogen-bond donors (Lipinski definition) is 0. The van der Waals surface area contributed by atoms with Crippen molar-refractivity contribution < 1.29 is 9.53 Å². The topological polar surface area (TPSA) is 32.8 Å². The van der Waals surface area contributed by atoms with Crippen molar-refractivity contribution in [2.24, 2.45) is 0 Å². The minimum Gasteiger partial charge on any atom is -0.493 e. The molecule has 4 heteroatoms. The molecule has 0 N–H and O–H groups in total. The van der Waals surface area contributed by atoms with Crippen molar-refractivity contribution in [3.63, 3.8) is 0 Å². The molecule has 0 saturated carbocycles. The van der Waals surface area contributed by atoms with Gasteiger partial charge in [-0.15, -0.1) is 0 Å². The Morgan fingerprint density at radius 2 is 1.81 bits per heavy atom. The third kappa shape index (κ3) is 3.47. The highest BCUT2D eigenvalue weighted by Gasteiger charge is 2.23. The highest BCUT2D eigenvalue weighted by atomic mass is 16.5. The van der Waals surface area contributed by atoms with Crippen LogP contribution in [0.4, 0.5) is 0 Å². The molecule has 0 aromatic heterocycles. The average molecular weight is 350 g/mol. The third-order valence-corrected chi connectivity index (χ3v) is 5.57. The smallest absolute Gasteiger partial charge is 0.253 e. The lowest BCUT2D eigenvalue weighted by molar-refractivity contribution is 0.0628. The number of ether oxygens (including phenoxy) is 1. The number of fused-ring (bicyclic) bond motifs is 1. The minimum atomic E-state index is 0.155.